The van der Waals surface area contributed by atoms with Crippen LogP contribution in [0.4, 0.5) is 0 Å². The molecule has 7 heteroatoms. The molecule has 0 spiro atoms. The summed E-state index contributed by atoms with van der Waals surface area (Å²) in [5.74, 6) is -1.91. The number of aliphatic hydroxyl groups is 1. The molecule has 0 radical (unpaired) electrons. The van der Waals surface area contributed by atoms with Gasteiger partial charge in [0.05, 0.1) is 12.2 Å². The average molecular weight is 289 g/mol. The van der Waals surface area contributed by atoms with E-state index >= 15 is 0 Å². The van der Waals surface area contributed by atoms with E-state index in [-0.39, 0.29) is 5.56 Å². The van der Waals surface area contributed by atoms with Gasteiger partial charge in [0.1, 0.15) is 4.60 Å². The van der Waals surface area contributed by atoms with Gasteiger partial charge < -0.3 is 15.5 Å². The first kappa shape index (κ1) is 12.6. The third-order valence-electron chi connectivity index (χ3n) is 1.79. The van der Waals surface area contributed by atoms with Gasteiger partial charge in [0.2, 0.25) is 0 Å². The molecule has 1 rings (SSSR count). The van der Waals surface area contributed by atoms with Crippen molar-refractivity contribution in [3.05, 3.63) is 28.5 Å². The highest BCUT2D eigenvalue weighted by Crippen LogP contribution is 2.12. The first-order chi connectivity index (χ1) is 7.56. The number of halogens is 1. The Morgan fingerprint density at radius 2 is 2.25 bits per heavy atom. The lowest BCUT2D eigenvalue weighted by atomic mass is 10.2. The van der Waals surface area contributed by atoms with Gasteiger partial charge in [-0.1, -0.05) is 0 Å². The molecule has 1 heterocycles. The van der Waals surface area contributed by atoms with Crippen LogP contribution in [0, 0.1) is 0 Å². The number of rotatable bonds is 4. The van der Waals surface area contributed by atoms with Crippen molar-refractivity contribution in [1.82, 2.24) is 10.3 Å². The van der Waals surface area contributed by atoms with Crippen LogP contribution in [0.1, 0.15) is 10.4 Å². The zero-order chi connectivity index (χ0) is 12.1. The molecular formula is C9H9BrN2O4. The summed E-state index contributed by atoms with van der Waals surface area (Å²) in [5.41, 5.74) is 0.210. The summed E-state index contributed by atoms with van der Waals surface area (Å²) in [6, 6.07) is 1.72. The monoisotopic (exact) mass is 288 g/mol. The summed E-state index contributed by atoms with van der Waals surface area (Å²) in [6.07, 6.45) is 1.49. The smallest absolute Gasteiger partial charge is 0.328 e. The fourth-order valence-corrected chi connectivity index (χ4v) is 1.41. The Morgan fingerprint density at radius 3 is 2.75 bits per heavy atom. The fraction of sp³-hybridized carbons (Fsp3) is 0.222. The highest BCUT2D eigenvalue weighted by atomic mass is 79.9. The van der Waals surface area contributed by atoms with E-state index in [0.717, 1.165) is 0 Å². The molecule has 6 nitrogen and oxygen atoms in total. The number of carboxylic acids is 1. The standard InChI is InChI=1S/C9H9BrN2O4/c10-7-5(2-1-3-11-7)8(14)12-6(4-13)9(15)16/h1-3,6,13H,4H2,(H,12,14)(H,15,16)/t6-/m0/s1. The SMILES string of the molecule is O=C(N[C@@H](CO)C(=O)O)c1cccnc1Br. The first-order valence-electron chi connectivity index (χ1n) is 4.31. The molecule has 1 aromatic rings. The van der Waals surface area contributed by atoms with Crippen LogP contribution in [0.2, 0.25) is 0 Å². The van der Waals surface area contributed by atoms with Crippen LogP contribution in [-0.2, 0) is 4.79 Å². The van der Waals surface area contributed by atoms with Crippen LogP contribution in [0.15, 0.2) is 22.9 Å². The van der Waals surface area contributed by atoms with E-state index in [4.69, 9.17) is 10.2 Å². The number of hydrogen-bond donors (Lipinski definition) is 3. The fourth-order valence-electron chi connectivity index (χ4n) is 0.977. The molecular weight excluding hydrogens is 280 g/mol. The Morgan fingerprint density at radius 1 is 1.56 bits per heavy atom. The second-order valence-corrected chi connectivity index (χ2v) is 3.64. The quantitative estimate of drug-likeness (QED) is 0.679. The van der Waals surface area contributed by atoms with E-state index in [1.54, 1.807) is 6.07 Å². The van der Waals surface area contributed by atoms with Gasteiger partial charge in [-0.2, -0.15) is 0 Å². The number of carboxylic acid groups (broad SMARTS) is 1. The molecule has 0 aliphatic heterocycles. The lowest BCUT2D eigenvalue weighted by Crippen LogP contribution is -2.43. The molecule has 86 valence electrons. The molecule has 0 fully saturated rings. The van der Waals surface area contributed by atoms with E-state index in [2.05, 4.69) is 26.2 Å². The second-order valence-electron chi connectivity index (χ2n) is 2.89. The van der Waals surface area contributed by atoms with Crippen molar-refractivity contribution in [3.8, 4) is 0 Å². The van der Waals surface area contributed by atoms with Crippen molar-refractivity contribution in [3.63, 3.8) is 0 Å². The van der Waals surface area contributed by atoms with Crippen LogP contribution >= 0.6 is 15.9 Å². The number of nitrogens with zero attached hydrogens (tertiary/aromatic N) is 1. The van der Waals surface area contributed by atoms with E-state index in [1.165, 1.54) is 12.3 Å². The van der Waals surface area contributed by atoms with Gasteiger partial charge in [0.25, 0.3) is 5.91 Å². The number of aliphatic carboxylic acids is 1. The van der Waals surface area contributed by atoms with Gasteiger partial charge in [0, 0.05) is 6.20 Å². The lowest BCUT2D eigenvalue weighted by molar-refractivity contribution is -0.140. The minimum Gasteiger partial charge on any atom is -0.480 e. The van der Waals surface area contributed by atoms with Crippen LogP contribution in [-0.4, -0.2) is 39.7 Å². The van der Waals surface area contributed by atoms with Gasteiger partial charge in [-0.25, -0.2) is 9.78 Å². The number of aliphatic hydroxyl groups excluding tert-OH is 1. The number of carbonyl (C=O) groups excluding carboxylic acids is 1. The Labute approximate surface area is 99.4 Å². The second kappa shape index (κ2) is 5.57. The third kappa shape index (κ3) is 3.01. The maximum absolute atomic E-state index is 11.6. The Hall–Kier alpha value is -1.47. The molecule has 0 unspecified atom stereocenters. The Kier molecular flexibility index (Phi) is 4.39. The minimum atomic E-state index is -1.32. The van der Waals surface area contributed by atoms with Crippen LogP contribution < -0.4 is 5.32 Å². The molecule has 3 N–H and O–H groups in total. The third-order valence-corrected chi connectivity index (χ3v) is 2.42. The number of hydrogen-bond acceptors (Lipinski definition) is 4. The molecule has 0 saturated heterocycles. The van der Waals surface area contributed by atoms with Gasteiger partial charge in [-0.05, 0) is 28.1 Å². The summed E-state index contributed by atoms with van der Waals surface area (Å²) in [5, 5.41) is 19.5. The topological polar surface area (TPSA) is 99.5 Å². The normalized spacial score (nSPS) is 11.9. The molecule has 0 bridgehead atoms. The van der Waals surface area contributed by atoms with Crippen LogP contribution in [0.5, 0.6) is 0 Å². The Balaban J connectivity index is 2.80. The zero-order valence-electron chi connectivity index (χ0n) is 8.05. The molecule has 1 aromatic heterocycles. The maximum Gasteiger partial charge on any atom is 0.328 e. The molecule has 0 saturated carbocycles. The number of nitrogens with one attached hydrogen (secondary N) is 1. The first-order valence-corrected chi connectivity index (χ1v) is 5.10. The lowest BCUT2D eigenvalue weighted by Gasteiger charge is -2.11. The van der Waals surface area contributed by atoms with Crippen LogP contribution in [0.3, 0.4) is 0 Å². The average Bonchev–Trinajstić information content (AvgIpc) is 2.25. The van der Waals surface area contributed by atoms with Gasteiger partial charge >= 0.3 is 5.97 Å². The summed E-state index contributed by atoms with van der Waals surface area (Å²) < 4.78 is 0.314. The van der Waals surface area contributed by atoms with Crippen molar-refractivity contribution in [2.45, 2.75) is 6.04 Å². The van der Waals surface area contributed by atoms with Crippen molar-refractivity contribution >= 4 is 27.8 Å². The van der Waals surface area contributed by atoms with Crippen molar-refractivity contribution in [2.75, 3.05) is 6.61 Å². The number of amides is 1. The number of pyridine rings is 1. The van der Waals surface area contributed by atoms with Crippen molar-refractivity contribution < 1.29 is 19.8 Å². The van der Waals surface area contributed by atoms with E-state index < -0.39 is 24.5 Å². The van der Waals surface area contributed by atoms with Gasteiger partial charge in [-0.3, -0.25) is 4.79 Å². The van der Waals surface area contributed by atoms with E-state index in [1.807, 2.05) is 0 Å². The summed E-state index contributed by atoms with van der Waals surface area (Å²) >= 11 is 3.06. The minimum absolute atomic E-state index is 0.210. The summed E-state index contributed by atoms with van der Waals surface area (Å²) in [6.45, 7) is -0.668. The molecule has 1 atom stereocenters. The number of aromatic nitrogens is 1. The van der Waals surface area contributed by atoms with Gasteiger partial charge in [0.15, 0.2) is 6.04 Å². The zero-order valence-corrected chi connectivity index (χ0v) is 9.64. The highest BCUT2D eigenvalue weighted by Gasteiger charge is 2.20. The summed E-state index contributed by atoms with van der Waals surface area (Å²) in [7, 11) is 0. The number of carbonyl (C=O) groups is 2. The molecule has 0 aliphatic carbocycles. The van der Waals surface area contributed by atoms with E-state index in [0.29, 0.717) is 4.60 Å². The molecule has 1 amide bonds. The predicted octanol–water partition coefficient (Wildman–Crippen LogP) is 0.0194. The Bertz CT molecular complexity index is 410. The van der Waals surface area contributed by atoms with Crippen molar-refractivity contribution in [1.29, 1.82) is 0 Å². The highest BCUT2D eigenvalue weighted by molar-refractivity contribution is 9.10. The predicted molar refractivity (Wildman–Crippen MR) is 57.9 cm³/mol. The van der Waals surface area contributed by atoms with Crippen molar-refractivity contribution in [2.24, 2.45) is 0 Å². The summed E-state index contributed by atoms with van der Waals surface area (Å²) in [4.78, 5) is 26.0. The molecule has 0 aliphatic rings. The van der Waals surface area contributed by atoms with Gasteiger partial charge in [-0.15, -0.1) is 0 Å². The van der Waals surface area contributed by atoms with E-state index in [9.17, 15) is 9.59 Å². The molecule has 0 aromatic carbocycles. The maximum atomic E-state index is 11.6. The van der Waals surface area contributed by atoms with Crippen LogP contribution in [0.25, 0.3) is 0 Å². The largest absolute Gasteiger partial charge is 0.480 e. The molecule has 16 heavy (non-hydrogen) atoms.